The molecule has 0 atom stereocenters. The van der Waals surface area contributed by atoms with Gasteiger partial charge in [-0.2, -0.15) is 0 Å². The van der Waals surface area contributed by atoms with E-state index >= 15 is 0 Å². The maximum atomic E-state index is 10.7. The van der Waals surface area contributed by atoms with Crippen molar-refractivity contribution < 1.29 is 24.0 Å². The van der Waals surface area contributed by atoms with Crippen LogP contribution in [0, 0.1) is 0 Å². The lowest BCUT2D eigenvalue weighted by atomic mass is 10.5. The van der Waals surface area contributed by atoms with Gasteiger partial charge in [-0.15, -0.1) is 0 Å². The van der Waals surface area contributed by atoms with Crippen LogP contribution >= 0.6 is 0 Å². The first-order chi connectivity index (χ1) is 6.49. The van der Waals surface area contributed by atoms with Crippen LogP contribution in [0.4, 0.5) is 14.4 Å². The Morgan fingerprint density at radius 1 is 0.500 bits per heavy atom. The van der Waals surface area contributed by atoms with E-state index in [2.05, 4.69) is 0 Å². The predicted molar refractivity (Wildman–Crippen MR) is 38.7 cm³/mol. The summed E-state index contributed by atoms with van der Waals surface area (Å²) >= 11 is 0. The zero-order chi connectivity index (χ0) is 10.7. The fourth-order valence-electron chi connectivity index (χ4n) is 0.620. The largest absolute Gasteiger partial charge is 0.330 e. The third kappa shape index (κ3) is 2.27. The average Bonchev–Trinajstić information content (AvgIpc) is 2.03. The molecule has 14 heavy (non-hydrogen) atoms. The monoisotopic (exact) mass is 200 g/mol. The van der Waals surface area contributed by atoms with Gasteiger partial charge in [0.25, 0.3) is 0 Å². The summed E-state index contributed by atoms with van der Waals surface area (Å²) in [5.74, 6) is -2.68. The van der Waals surface area contributed by atoms with E-state index in [4.69, 9.17) is 0 Å². The van der Waals surface area contributed by atoms with Crippen molar-refractivity contribution in [3.8, 4) is 0 Å². The SMILES string of the molecule is O=C1NC(=O)NC(=O)C(=O)NC(=O)N1. The van der Waals surface area contributed by atoms with Crippen molar-refractivity contribution in [1.29, 1.82) is 0 Å². The van der Waals surface area contributed by atoms with Gasteiger partial charge in [-0.1, -0.05) is 0 Å². The van der Waals surface area contributed by atoms with Gasteiger partial charge in [0.15, 0.2) is 0 Å². The molecule has 0 aromatic heterocycles. The van der Waals surface area contributed by atoms with Gasteiger partial charge in [-0.25, -0.2) is 14.4 Å². The second kappa shape index (κ2) is 3.51. The molecule has 1 rings (SSSR count). The maximum absolute atomic E-state index is 10.7. The maximum Gasteiger partial charge on any atom is 0.330 e. The van der Waals surface area contributed by atoms with Crippen LogP contribution in [0.3, 0.4) is 0 Å². The van der Waals surface area contributed by atoms with Crippen molar-refractivity contribution in [3.63, 3.8) is 0 Å². The predicted octanol–water partition coefficient (Wildman–Crippen LogP) is -2.23. The van der Waals surface area contributed by atoms with E-state index in [-0.39, 0.29) is 0 Å². The summed E-state index contributed by atoms with van der Waals surface area (Å²) in [4.78, 5) is 53.4. The van der Waals surface area contributed by atoms with Crippen LogP contribution in [0.5, 0.6) is 0 Å². The highest BCUT2D eigenvalue weighted by atomic mass is 16.2. The molecule has 1 fully saturated rings. The van der Waals surface area contributed by atoms with Crippen LogP contribution in [0.1, 0.15) is 0 Å². The molecule has 0 saturated carbocycles. The molecule has 0 aromatic carbocycles. The molecule has 0 aliphatic carbocycles. The molecule has 74 valence electrons. The zero-order valence-corrected chi connectivity index (χ0v) is 6.54. The van der Waals surface area contributed by atoms with Gasteiger partial charge in [0.2, 0.25) is 0 Å². The second-order valence-corrected chi connectivity index (χ2v) is 2.15. The number of amides is 8. The number of urea groups is 3. The Morgan fingerprint density at radius 2 is 0.786 bits per heavy atom. The summed E-state index contributed by atoms with van der Waals surface area (Å²) in [5.41, 5.74) is 0. The van der Waals surface area contributed by atoms with Gasteiger partial charge in [-0.3, -0.25) is 30.9 Å². The van der Waals surface area contributed by atoms with E-state index in [1.165, 1.54) is 10.6 Å². The topological polar surface area (TPSA) is 133 Å². The van der Waals surface area contributed by atoms with Crippen molar-refractivity contribution >= 4 is 29.9 Å². The fourth-order valence-corrected chi connectivity index (χ4v) is 0.620. The summed E-state index contributed by atoms with van der Waals surface area (Å²) in [6.07, 6.45) is 0. The van der Waals surface area contributed by atoms with Crippen LogP contribution in [0.2, 0.25) is 0 Å². The Morgan fingerprint density at radius 3 is 1.14 bits per heavy atom. The third-order valence-corrected chi connectivity index (χ3v) is 1.11. The number of imide groups is 4. The van der Waals surface area contributed by atoms with Crippen LogP contribution in [0.15, 0.2) is 0 Å². The number of hydrogen-bond acceptors (Lipinski definition) is 5. The Hall–Kier alpha value is -2.45. The molecule has 0 aromatic rings. The molecule has 0 unspecified atom stereocenters. The smallest absolute Gasteiger partial charge is 0.269 e. The Labute approximate surface area is 76.2 Å². The molecule has 4 N–H and O–H groups in total. The highest BCUT2D eigenvalue weighted by molar-refractivity contribution is 6.40. The first kappa shape index (κ1) is 9.64. The minimum atomic E-state index is -1.34. The molecular weight excluding hydrogens is 196 g/mol. The molecule has 1 aliphatic rings. The first-order valence-corrected chi connectivity index (χ1v) is 3.27. The highest BCUT2D eigenvalue weighted by Crippen LogP contribution is 1.77. The van der Waals surface area contributed by atoms with Crippen molar-refractivity contribution in [2.75, 3.05) is 0 Å². The Balaban J connectivity index is 2.84. The molecule has 1 aliphatic heterocycles. The van der Waals surface area contributed by atoms with Gasteiger partial charge in [0.05, 0.1) is 0 Å². The lowest BCUT2D eigenvalue weighted by Crippen LogP contribution is -2.46. The van der Waals surface area contributed by atoms with Crippen LogP contribution in [-0.4, -0.2) is 29.9 Å². The van der Waals surface area contributed by atoms with E-state index < -0.39 is 29.9 Å². The minimum Gasteiger partial charge on any atom is -0.269 e. The van der Waals surface area contributed by atoms with Crippen LogP contribution in [0.25, 0.3) is 0 Å². The summed E-state index contributed by atoms with van der Waals surface area (Å²) < 4.78 is 0. The van der Waals surface area contributed by atoms with Gasteiger partial charge in [-0.05, 0) is 0 Å². The number of hydrogen-bond donors (Lipinski definition) is 4. The van der Waals surface area contributed by atoms with Crippen LogP contribution < -0.4 is 21.3 Å². The third-order valence-electron chi connectivity index (χ3n) is 1.11. The van der Waals surface area contributed by atoms with Gasteiger partial charge >= 0.3 is 29.9 Å². The summed E-state index contributed by atoms with van der Waals surface area (Å²) in [6, 6.07) is -3.54. The number of rotatable bonds is 0. The lowest BCUT2D eigenvalue weighted by Gasteiger charge is -1.99. The fraction of sp³-hybridized carbons (Fsp3) is 0. The van der Waals surface area contributed by atoms with E-state index in [1.54, 1.807) is 10.6 Å². The zero-order valence-electron chi connectivity index (χ0n) is 6.54. The number of nitrogens with one attached hydrogen (secondary N) is 4. The summed E-state index contributed by atoms with van der Waals surface area (Å²) in [7, 11) is 0. The normalized spacial score (nSPS) is 18.1. The summed E-state index contributed by atoms with van der Waals surface area (Å²) in [5, 5.41) is 6.16. The number of carbonyl (C=O) groups is 5. The molecule has 9 heteroatoms. The Bertz CT molecular complexity index is 316. The summed E-state index contributed by atoms with van der Waals surface area (Å²) in [6.45, 7) is 0. The van der Waals surface area contributed by atoms with Crippen LogP contribution in [-0.2, 0) is 9.59 Å². The quantitative estimate of drug-likeness (QED) is 0.328. The molecule has 1 heterocycles. The van der Waals surface area contributed by atoms with E-state index in [0.717, 1.165) is 0 Å². The molecular formula is C5H4N4O5. The van der Waals surface area contributed by atoms with Crippen molar-refractivity contribution in [1.82, 2.24) is 21.3 Å². The van der Waals surface area contributed by atoms with Crippen molar-refractivity contribution in [2.24, 2.45) is 0 Å². The van der Waals surface area contributed by atoms with E-state index in [1.807, 2.05) is 0 Å². The van der Waals surface area contributed by atoms with Gasteiger partial charge in [0, 0.05) is 0 Å². The minimum absolute atomic E-state index is 1.15. The Kier molecular flexibility index (Phi) is 2.42. The van der Waals surface area contributed by atoms with Gasteiger partial charge in [0.1, 0.15) is 0 Å². The molecule has 8 amide bonds. The van der Waals surface area contributed by atoms with E-state index in [0.29, 0.717) is 0 Å². The van der Waals surface area contributed by atoms with Gasteiger partial charge < -0.3 is 0 Å². The lowest BCUT2D eigenvalue weighted by molar-refractivity contribution is -0.137. The standard InChI is InChI=1S/C5H4N4O5/c10-1-2(11)7-4(13)9-5(14)8-3(12)6-1/h(H4,6,7,8,9,10,11,12,13,14). The van der Waals surface area contributed by atoms with Crippen molar-refractivity contribution in [3.05, 3.63) is 0 Å². The molecule has 9 nitrogen and oxygen atoms in total. The molecule has 0 radical (unpaired) electrons. The van der Waals surface area contributed by atoms with Crippen molar-refractivity contribution in [2.45, 2.75) is 0 Å². The molecule has 0 spiro atoms. The molecule has 0 bridgehead atoms. The second-order valence-electron chi connectivity index (χ2n) is 2.15. The average molecular weight is 200 g/mol. The first-order valence-electron chi connectivity index (χ1n) is 3.27. The highest BCUT2D eigenvalue weighted by Gasteiger charge is 2.23. The molecule has 1 saturated heterocycles. The van der Waals surface area contributed by atoms with E-state index in [9.17, 15) is 24.0 Å². The number of carbonyl (C=O) groups excluding carboxylic acids is 5.